The second-order valence-corrected chi connectivity index (χ2v) is 7.69. The third-order valence-electron chi connectivity index (χ3n) is 4.71. The van der Waals surface area contributed by atoms with Gasteiger partial charge in [-0.25, -0.2) is 0 Å². The maximum Gasteiger partial charge on any atom is 0.261 e. The molecule has 138 valence electrons. The Morgan fingerprint density at radius 3 is 2.73 bits per heavy atom. The third-order valence-corrected chi connectivity index (χ3v) is 4.71. The second kappa shape index (κ2) is 7.02. The van der Waals surface area contributed by atoms with Gasteiger partial charge >= 0.3 is 0 Å². The quantitative estimate of drug-likeness (QED) is 0.881. The molecule has 0 radical (unpaired) electrons. The zero-order valence-electron chi connectivity index (χ0n) is 16.1. The van der Waals surface area contributed by atoms with Crippen LogP contribution in [0.4, 0.5) is 0 Å². The van der Waals surface area contributed by atoms with Crippen LogP contribution in [-0.4, -0.2) is 17.6 Å². The predicted octanol–water partition coefficient (Wildman–Crippen LogP) is 4.49. The minimum atomic E-state index is -0.575. The maximum atomic E-state index is 12.8. The van der Waals surface area contributed by atoms with E-state index >= 15 is 0 Å². The number of benzene rings is 2. The Balaban J connectivity index is 1.74. The minimum absolute atomic E-state index is 0.0906. The molecule has 2 atom stereocenters. The fourth-order valence-corrected chi connectivity index (χ4v) is 3.30. The van der Waals surface area contributed by atoms with Crippen molar-refractivity contribution in [3.8, 4) is 11.5 Å². The molecule has 0 saturated carbocycles. The number of hydrogen-bond acceptors (Lipinski definition) is 3. The summed E-state index contributed by atoms with van der Waals surface area (Å²) < 4.78 is 12.0. The van der Waals surface area contributed by atoms with E-state index in [4.69, 9.17) is 9.47 Å². The lowest BCUT2D eigenvalue weighted by Gasteiger charge is -2.38. The van der Waals surface area contributed by atoms with Gasteiger partial charge in [-0.1, -0.05) is 30.3 Å². The van der Waals surface area contributed by atoms with Crippen molar-refractivity contribution in [1.82, 2.24) is 5.32 Å². The zero-order chi connectivity index (χ0) is 18.9. The summed E-state index contributed by atoms with van der Waals surface area (Å²) in [5.74, 6) is 1.46. The Bertz CT molecular complexity index is 813. The van der Waals surface area contributed by atoms with Crippen molar-refractivity contribution in [2.75, 3.05) is 0 Å². The van der Waals surface area contributed by atoms with E-state index in [1.54, 1.807) is 6.92 Å². The number of aryl methyl sites for hydroxylation is 2. The van der Waals surface area contributed by atoms with Gasteiger partial charge in [-0.15, -0.1) is 0 Å². The molecule has 4 heteroatoms. The van der Waals surface area contributed by atoms with E-state index in [0.29, 0.717) is 6.42 Å². The maximum absolute atomic E-state index is 12.8. The number of fused-ring (bicyclic) bond motifs is 1. The van der Waals surface area contributed by atoms with E-state index in [9.17, 15) is 4.79 Å². The molecule has 3 rings (SSSR count). The monoisotopic (exact) mass is 353 g/mol. The number of rotatable bonds is 4. The van der Waals surface area contributed by atoms with Crippen LogP contribution in [0.25, 0.3) is 0 Å². The van der Waals surface area contributed by atoms with Gasteiger partial charge in [-0.3, -0.25) is 4.79 Å². The number of carbonyl (C=O) groups is 1. The summed E-state index contributed by atoms with van der Waals surface area (Å²) in [5.41, 5.74) is 2.81. The van der Waals surface area contributed by atoms with Crippen molar-refractivity contribution in [3.05, 3.63) is 59.2 Å². The van der Waals surface area contributed by atoms with Gasteiger partial charge in [0.2, 0.25) is 0 Å². The van der Waals surface area contributed by atoms with Crippen LogP contribution in [0, 0.1) is 13.8 Å². The number of nitrogens with one attached hydrogen (secondary N) is 1. The first-order valence-electron chi connectivity index (χ1n) is 9.07. The topological polar surface area (TPSA) is 47.6 Å². The van der Waals surface area contributed by atoms with Crippen LogP contribution in [0.5, 0.6) is 11.5 Å². The van der Waals surface area contributed by atoms with Gasteiger partial charge < -0.3 is 14.8 Å². The van der Waals surface area contributed by atoms with Crippen molar-refractivity contribution in [3.63, 3.8) is 0 Å². The van der Waals surface area contributed by atoms with Gasteiger partial charge in [-0.05, 0) is 57.9 Å². The molecule has 0 aromatic heterocycles. The molecule has 1 amide bonds. The SMILES string of the molecule is Cc1ccc(C)c(OC(C)C(=O)NC2CC(C)(C)Oc3ccccc32)c1. The molecule has 0 fully saturated rings. The molecule has 1 heterocycles. The van der Waals surface area contributed by atoms with Crippen LogP contribution in [0.1, 0.15) is 49.9 Å². The van der Waals surface area contributed by atoms with Crippen molar-refractivity contribution in [1.29, 1.82) is 0 Å². The summed E-state index contributed by atoms with van der Waals surface area (Å²) in [7, 11) is 0. The van der Waals surface area contributed by atoms with Crippen molar-refractivity contribution >= 4 is 5.91 Å². The highest BCUT2D eigenvalue weighted by Gasteiger charge is 2.35. The van der Waals surface area contributed by atoms with Crippen LogP contribution < -0.4 is 14.8 Å². The number of amides is 1. The molecular weight excluding hydrogens is 326 g/mol. The first-order chi connectivity index (χ1) is 12.2. The molecule has 2 aromatic rings. The third kappa shape index (κ3) is 4.01. The molecule has 2 unspecified atom stereocenters. The fourth-order valence-electron chi connectivity index (χ4n) is 3.30. The Hall–Kier alpha value is -2.49. The lowest BCUT2D eigenvalue weighted by atomic mass is 9.89. The fraction of sp³-hybridized carbons (Fsp3) is 0.409. The molecule has 1 aliphatic rings. The molecule has 26 heavy (non-hydrogen) atoms. The standard InChI is InChI=1S/C22H27NO3/c1-14-10-11-15(2)20(12-14)25-16(3)21(24)23-18-13-22(4,5)26-19-9-7-6-8-17(18)19/h6-12,16,18H,13H2,1-5H3,(H,23,24). The smallest absolute Gasteiger partial charge is 0.261 e. The van der Waals surface area contributed by atoms with Crippen LogP contribution >= 0.6 is 0 Å². The van der Waals surface area contributed by atoms with Gasteiger partial charge in [0.1, 0.15) is 17.1 Å². The normalized spacial score (nSPS) is 19.0. The first-order valence-corrected chi connectivity index (χ1v) is 9.07. The Morgan fingerprint density at radius 2 is 1.96 bits per heavy atom. The van der Waals surface area contributed by atoms with E-state index < -0.39 is 6.10 Å². The van der Waals surface area contributed by atoms with E-state index in [2.05, 4.69) is 5.32 Å². The van der Waals surface area contributed by atoms with Gasteiger partial charge in [-0.2, -0.15) is 0 Å². The van der Waals surface area contributed by atoms with E-state index in [-0.39, 0.29) is 17.6 Å². The number of hydrogen-bond donors (Lipinski definition) is 1. The highest BCUT2D eigenvalue weighted by atomic mass is 16.5. The average Bonchev–Trinajstić information content (AvgIpc) is 2.57. The Morgan fingerprint density at radius 1 is 1.23 bits per heavy atom. The highest BCUT2D eigenvalue weighted by molar-refractivity contribution is 5.81. The molecule has 1 N–H and O–H groups in total. The first kappa shape index (κ1) is 18.3. The highest BCUT2D eigenvalue weighted by Crippen LogP contribution is 2.39. The van der Waals surface area contributed by atoms with Crippen molar-refractivity contribution < 1.29 is 14.3 Å². The molecule has 0 spiro atoms. The number of para-hydroxylation sites is 1. The van der Waals surface area contributed by atoms with E-state index in [0.717, 1.165) is 28.2 Å². The summed E-state index contributed by atoms with van der Waals surface area (Å²) in [6, 6.07) is 13.8. The second-order valence-electron chi connectivity index (χ2n) is 7.69. The summed E-state index contributed by atoms with van der Waals surface area (Å²) >= 11 is 0. The largest absolute Gasteiger partial charge is 0.487 e. The minimum Gasteiger partial charge on any atom is -0.487 e. The summed E-state index contributed by atoms with van der Waals surface area (Å²) in [5, 5.41) is 3.14. The summed E-state index contributed by atoms with van der Waals surface area (Å²) in [6.45, 7) is 9.86. The van der Waals surface area contributed by atoms with Gasteiger partial charge in [0.15, 0.2) is 6.10 Å². The van der Waals surface area contributed by atoms with Crippen molar-refractivity contribution in [2.24, 2.45) is 0 Å². The number of ether oxygens (including phenoxy) is 2. The predicted molar refractivity (Wildman–Crippen MR) is 103 cm³/mol. The molecule has 0 bridgehead atoms. The molecule has 2 aromatic carbocycles. The Kier molecular flexibility index (Phi) is 4.94. The van der Waals surface area contributed by atoms with Crippen LogP contribution in [0.3, 0.4) is 0 Å². The van der Waals surface area contributed by atoms with Crippen LogP contribution in [0.2, 0.25) is 0 Å². The average molecular weight is 353 g/mol. The number of carbonyl (C=O) groups excluding carboxylic acids is 1. The van der Waals surface area contributed by atoms with Crippen molar-refractivity contribution in [2.45, 2.75) is 58.8 Å². The summed E-state index contributed by atoms with van der Waals surface area (Å²) in [6.07, 6.45) is 0.139. The van der Waals surface area contributed by atoms with Gasteiger partial charge in [0.25, 0.3) is 5.91 Å². The van der Waals surface area contributed by atoms with Gasteiger partial charge in [0.05, 0.1) is 6.04 Å². The van der Waals surface area contributed by atoms with Gasteiger partial charge in [0, 0.05) is 12.0 Å². The zero-order valence-corrected chi connectivity index (χ0v) is 16.1. The van der Waals surface area contributed by atoms with E-state index in [1.165, 1.54) is 0 Å². The molecular formula is C22H27NO3. The lowest BCUT2D eigenvalue weighted by molar-refractivity contribution is -0.128. The molecule has 1 aliphatic heterocycles. The molecule has 0 saturated heterocycles. The van der Waals surface area contributed by atoms with E-state index in [1.807, 2.05) is 70.2 Å². The Labute approximate surface area is 155 Å². The summed E-state index contributed by atoms with van der Waals surface area (Å²) in [4.78, 5) is 12.8. The van der Waals surface area contributed by atoms with Crippen LogP contribution in [-0.2, 0) is 4.79 Å². The lowest BCUT2D eigenvalue weighted by Crippen LogP contribution is -2.44. The molecule has 4 nitrogen and oxygen atoms in total. The molecule has 0 aliphatic carbocycles. The van der Waals surface area contributed by atoms with Crippen LogP contribution in [0.15, 0.2) is 42.5 Å².